The van der Waals surface area contributed by atoms with Gasteiger partial charge in [0.15, 0.2) is 11.6 Å². The fourth-order valence-electron chi connectivity index (χ4n) is 4.19. The molecule has 1 unspecified atom stereocenters. The van der Waals surface area contributed by atoms with Crippen molar-refractivity contribution < 1.29 is 13.9 Å². The Balaban J connectivity index is 1.84. The number of H-pyrrole nitrogens is 1. The summed E-state index contributed by atoms with van der Waals surface area (Å²) in [5.41, 5.74) is 15.2. The van der Waals surface area contributed by atoms with E-state index in [1.807, 2.05) is 20.8 Å². The van der Waals surface area contributed by atoms with Crippen LogP contribution in [0.4, 0.5) is 10.1 Å². The van der Waals surface area contributed by atoms with E-state index in [4.69, 9.17) is 21.6 Å². The number of hydrogen-bond donors (Lipinski definition) is 5. The molecule has 1 atom stereocenters. The lowest BCUT2D eigenvalue weighted by atomic mass is 9.99. The molecule has 0 aliphatic carbocycles. The van der Waals surface area contributed by atoms with Gasteiger partial charge < -0.3 is 26.5 Å². The van der Waals surface area contributed by atoms with Crippen molar-refractivity contribution in [2.24, 2.45) is 11.5 Å². The molecule has 8 nitrogen and oxygen atoms in total. The number of amides is 1. The van der Waals surface area contributed by atoms with E-state index in [0.717, 1.165) is 5.56 Å². The van der Waals surface area contributed by atoms with Crippen LogP contribution in [0.5, 0.6) is 5.75 Å². The number of aromatic nitrogens is 2. The van der Waals surface area contributed by atoms with Crippen LogP contribution in [0.1, 0.15) is 59.7 Å². The molecule has 4 rings (SSSR count). The minimum absolute atomic E-state index is 0.0472. The van der Waals surface area contributed by atoms with Gasteiger partial charge in [-0.1, -0.05) is 31.2 Å². The summed E-state index contributed by atoms with van der Waals surface area (Å²) in [5.74, 6) is -0.510. The minimum Gasteiger partial charge on any atom is -0.488 e. The number of benzene rings is 3. The van der Waals surface area contributed by atoms with Crippen molar-refractivity contribution in [2.75, 3.05) is 5.32 Å². The Bertz CT molecular complexity index is 1460. The number of hydrogen-bond acceptors (Lipinski definition) is 5. The number of nitrogens with one attached hydrogen (secondary N) is 3. The average Bonchev–Trinajstić information content (AvgIpc) is 3.38. The predicted molar refractivity (Wildman–Crippen MR) is 147 cm³/mol. The molecule has 196 valence electrons. The number of carbonyl (C=O) groups excluding carboxylic acids is 1. The molecule has 4 aromatic rings. The molecule has 0 bridgehead atoms. The van der Waals surface area contributed by atoms with E-state index in [0.29, 0.717) is 45.9 Å². The minimum atomic E-state index is -0.742. The van der Waals surface area contributed by atoms with Gasteiger partial charge in [-0.2, -0.15) is 0 Å². The lowest BCUT2D eigenvalue weighted by Crippen LogP contribution is -2.18. The third-order valence-corrected chi connectivity index (χ3v) is 6.07. The van der Waals surface area contributed by atoms with Crippen molar-refractivity contribution >= 4 is 17.4 Å². The number of nitrogens with zero attached hydrogens (tertiary/aromatic N) is 1. The topological polar surface area (TPSA) is 143 Å². The first-order valence-electron chi connectivity index (χ1n) is 12.3. The number of primary amides is 1. The third kappa shape index (κ3) is 5.67. The molecule has 0 aliphatic heterocycles. The van der Waals surface area contributed by atoms with Crippen molar-refractivity contribution in [3.05, 3.63) is 101 Å². The molecule has 0 spiro atoms. The van der Waals surface area contributed by atoms with Crippen LogP contribution >= 0.6 is 0 Å². The van der Waals surface area contributed by atoms with Crippen LogP contribution in [0, 0.1) is 11.2 Å². The maximum atomic E-state index is 15.9. The highest BCUT2D eigenvalue weighted by Gasteiger charge is 2.25. The van der Waals surface area contributed by atoms with Crippen LogP contribution in [0.2, 0.25) is 0 Å². The molecule has 1 heterocycles. The summed E-state index contributed by atoms with van der Waals surface area (Å²) in [6, 6.07) is 16.7. The van der Waals surface area contributed by atoms with Gasteiger partial charge in [-0.05, 0) is 62.2 Å². The standard InChI is InChI=1S/C29H31FN6O2/c1-4-17-13-22(25(30)24(14-17)38-16(2)3)26(35-19-11-9-18(10-12-19)27(31)32)29-34-15-23(36-29)20-7-5-6-8-21(20)28(33)37/h5-16,26,35H,4H2,1-3H3,(H3,31,32)(H2,33,37)(H,34,36). The first kappa shape index (κ1) is 26.4. The first-order chi connectivity index (χ1) is 18.2. The molecule has 3 aromatic carbocycles. The van der Waals surface area contributed by atoms with Crippen molar-refractivity contribution in [3.8, 4) is 17.0 Å². The number of rotatable bonds is 10. The Morgan fingerprint density at radius 3 is 2.47 bits per heavy atom. The lowest BCUT2D eigenvalue weighted by molar-refractivity contribution is 0.100. The Morgan fingerprint density at radius 1 is 1.13 bits per heavy atom. The largest absolute Gasteiger partial charge is 0.488 e. The maximum absolute atomic E-state index is 15.9. The number of carbonyl (C=O) groups is 1. The predicted octanol–water partition coefficient (Wildman–Crippen LogP) is 5.15. The van der Waals surface area contributed by atoms with Crippen LogP contribution in [0.3, 0.4) is 0 Å². The van der Waals surface area contributed by atoms with Crippen LogP contribution in [-0.4, -0.2) is 27.8 Å². The van der Waals surface area contributed by atoms with Crippen molar-refractivity contribution in [1.82, 2.24) is 9.97 Å². The molecular formula is C29H31FN6O2. The highest BCUT2D eigenvalue weighted by Crippen LogP contribution is 2.34. The van der Waals surface area contributed by atoms with Crippen LogP contribution < -0.4 is 21.5 Å². The highest BCUT2D eigenvalue weighted by atomic mass is 19.1. The number of amidine groups is 1. The van der Waals surface area contributed by atoms with Gasteiger partial charge >= 0.3 is 0 Å². The van der Waals surface area contributed by atoms with E-state index in [1.165, 1.54) is 0 Å². The summed E-state index contributed by atoms with van der Waals surface area (Å²) in [6.07, 6.45) is 2.06. The number of nitrogens with two attached hydrogens (primary N) is 2. The van der Waals surface area contributed by atoms with Gasteiger partial charge in [-0.25, -0.2) is 9.37 Å². The highest BCUT2D eigenvalue weighted by molar-refractivity contribution is 5.99. The molecule has 7 N–H and O–H groups in total. The Morgan fingerprint density at radius 2 is 1.84 bits per heavy atom. The number of ether oxygens (including phenoxy) is 1. The first-order valence-corrected chi connectivity index (χ1v) is 12.3. The summed E-state index contributed by atoms with van der Waals surface area (Å²) in [7, 11) is 0. The molecule has 0 fully saturated rings. The number of aromatic amines is 1. The van der Waals surface area contributed by atoms with Gasteiger partial charge in [-0.3, -0.25) is 10.2 Å². The van der Waals surface area contributed by atoms with Crippen LogP contribution in [0.15, 0.2) is 66.9 Å². The number of aryl methyl sites for hydroxylation is 1. The number of imidazole rings is 1. The molecule has 9 heteroatoms. The van der Waals surface area contributed by atoms with E-state index in [2.05, 4.69) is 15.3 Å². The smallest absolute Gasteiger partial charge is 0.249 e. The zero-order valence-electron chi connectivity index (χ0n) is 21.5. The van der Waals surface area contributed by atoms with Crippen LogP contribution in [0.25, 0.3) is 11.3 Å². The van der Waals surface area contributed by atoms with E-state index in [-0.39, 0.29) is 17.7 Å². The van der Waals surface area contributed by atoms with Crippen LogP contribution in [-0.2, 0) is 6.42 Å². The fourth-order valence-corrected chi connectivity index (χ4v) is 4.19. The molecule has 0 saturated heterocycles. The van der Waals surface area contributed by atoms with Crippen molar-refractivity contribution in [3.63, 3.8) is 0 Å². The number of halogens is 1. The van der Waals surface area contributed by atoms with E-state index in [1.54, 1.807) is 66.9 Å². The van der Waals surface area contributed by atoms with Gasteiger partial charge in [0, 0.05) is 27.9 Å². The van der Waals surface area contributed by atoms with Gasteiger partial charge in [0.2, 0.25) is 5.91 Å². The zero-order chi connectivity index (χ0) is 27.4. The molecule has 1 aromatic heterocycles. The second kappa shape index (κ2) is 11.2. The second-order valence-electron chi connectivity index (χ2n) is 9.18. The van der Waals surface area contributed by atoms with E-state index < -0.39 is 17.8 Å². The van der Waals surface area contributed by atoms with E-state index >= 15 is 4.39 Å². The molecule has 38 heavy (non-hydrogen) atoms. The van der Waals surface area contributed by atoms with Gasteiger partial charge in [0.25, 0.3) is 0 Å². The SMILES string of the molecule is CCc1cc(OC(C)C)c(F)c(C(Nc2ccc(C(=N)N)cc2)c2ncc(-c3ccccc3C(N)=O)[nH]2)c1. The second-order valence-corrected chi connectivity index (χ2v) is 9.18. The summed E-state index contributed by atoms with van der Waals surface area (Å²) >= 11 is 0. The van der Waals surface area contributed by atoms with E-state index in [9.17, 15) is 4.79 Å². The number of nitrogen functional groups attached to an aromatic ring is 1. The number of anilines is 1. The Labute approximate surface area is 220 Å². The summed E-state index contributed by atoms with van der Waals surface area (Å²) < 4.78 is 21.7. The summed E-state index contributed by atoms with van der Waals surface area (Å²) in [4.78, 5) is 19.8. The Hall–Kier alpha value is -4.66. The van der Waals surface area contributed by atoms with Gasteiger partial charge in [-0.15, -0.1) is 0 Å². The molecule has 1 amide bonds. The quantitative estimate of drug-likeness (QED) is 0.147. The summed E-state index contributed by atoms with van der Waals surface area (Å²) in [6.45, 7) is 5.68. The summed E-state index contributed by atoms with van der Waals surface area (Å²) in [5, 5.41) is 11.0. The van der Waals surface area contributed by atoms with Gasteiger partial charge in [0.1, 0.15) is 17.7 Å². The zero-order valence-corrected chi connectivity index (χ0v) is 21.5. The molecule has 0 aliphatic rings. The maximum Gasteiger partial charge on any atom is 0.249 e. The molecule has 0 saturated carbocycles. The monoisotopic (exact) mass is 514 g/mol. The normalized spacial score (nSPS) is 11.8. The van der Waals surface area contributed by atoms with Crippen molar-refractivity contribution in [2.45, 2.75) is 39.3 Å². The molecule has 0 radical (unpaired) electrons. The lowest BCUT2D eigenvalue weighted by Gasteiger charge is -2.22. The third-order valence-electron chi connectivity index (χ3n) is 6.07. The van der Waals surface area contributed by atoms with Crippen molar-refractivity contribution in [1.29, 1.82) is 5.41 Å². The van der Waals surface area contributed by atoms with Gasteiger partial charge in [0.05, 0.1) is 18.0 Å². The average molecular weight is 515 g/mol. The molecular weight excluding hydrogens is 483 g/mol. The fraction of sp³-hybridized carbons (Fsp3) is 0.207. The Kier molecular flexibility index (Phi) is 7.76.